The van der Waals surface area contributed by atoms with Gasteiger partial charge < -0.3 is 15.6 Å². The third-order valence-corrected chi connectivity index (χ3v) is 3.67. The van der Waals surface area contributed by atoms with E-state index in [1.165, 1.54) is 0 Å². The van der Waals surface area contributed by atoms with Gasteiger partial charge in [-0.05, 0) is 18.4 Å². The minimum Gasteiger partial charge on any atom is -0.480 e. The molecule has 0 spiro atoms. The van der Waals surface area contributed by atoms with Crippen molar-refractivity contribution in [3.05, 3.63) is 35.9 Å². The number of carbonyl (C=O) groups is 2. The second-order valence-corrected chi connectivity index (χ2v) is 5.17. The van der Waals surface area contributed by atoms with E-state index in [2.05, 4.69) is 0 Å². The SMILES string of the molecule is N[C@@H](CCN1CC[C@H]1C(=O)O)C(=O)OCc1ccccc1. The minimum atomic E-state index is -0.818. The number of carboxylic acids is 1. The number of esters is 1. The number of nitrogens with two attached hydrogens (primary N) is 1. The molecule has 0 amide bonds. The second-order valence-electron chi connectivity index (χ2n) is 5.17. The molecule has 1 saturated heterocycles. The van der Waals surface area contributed by atoms with Crippen LogP contribution >= 0.6 is 0 Å². The second kappa shape index (κ2) is 7.19. The highest BCUT2D eigenvalue weighted by atomic mass is 16.5. The number of aliphatic carboxylic acids is 1. The van der Waals surface area contributed by atoms with Crippen LogP contribution < -0.4 is 5.73 Å². The summed E-state index contributed by atoms with van der Waals surface area (Å²) in [7, 11) is 0. The fourth-order valence-corrected chi connectivity index (χ4v) is 2.25. The molecule has 114 valence electrons. The summed E-state index contributed by atoms with van der Waals surface area (Å²) in [6.45, 7) is 1.44. The maximum Gasteiger partial charge on any atom is 0.323 e. The Labute approximate surface area is 123 Å². The fourth-order valence-electron chi connectivity index (χ4n) is 2.25. The molecule has 6 nitrogen and oxygen atoms in total. The zero-order valence-corrected chi connectivity index (χ0v) is 11.8. The summed E-state index contributed by atoms with van der Waals surface area (Å²) in [6.07, 6.45) is 1.06. The first-order valence-corrected chi connectivity index (χ1v) is 7.01. The standard InChI is InChI=1S/C15H20N2O4/c16-12(6-8-17-9-7-13(17)14(18)19)15(20)21-10-11-4-2-1-3-5-11/h1-5,12-13H,6-10,16H2,(H,18,19)/t12-,13-/m0/s1. The van der Waals surface area contributed by atoms with Gasteiger partial charge in [0.15, 0.2) is 0 Å². The van der Waals surface area contributed by atoms with Crippen LogP contribution in [0.1, 0.15) is 18.4 Å². The van der Waals surface area contributed by atoms with Crippen molar-refractivity contribution < 1.29 is 19.4 Å². The van der Waals surface area contributed by atoms with Crippen molar-refractivity contribution in [1.29, 1.82) is 0 Å². The van der Waals surface area contributed by atoms with E-state index in [0.717, 1.165) is 12.1 Å². The molecule has 0 aromatic heterocycles. The Hall–Kier alpha value is -1.92. The van der Waals surface area contributed by atoms with Crippen molar-refractivity contribution in [2.24, 2.45) is 5.73 Å². The summed E-state index contributed by atoms with van der Waals surface area (Å²) in [5.74, 6) is -1.27. The van der Waals surface area contributed by atoms with Crippen LogP contribution in [0.3, 0.4) is 0 Å². The third kappa shape index (κ3) is 4.27. The number of hydrogen-bond donors (Lipinski definition) is 2. The van der Waals surface area contributed by atoms with Crippen LogP contribution in [0.15, 0.2) is 30.3 Å². The quantitative estimate of drug-likeness (QED) is 0.715. The summed E-state index contributed by atoms with van der Waals surface area (Å²) in [6, 6.07) is 8.23. The highest BCUT2D eigenvalue weighted by Gasteiger charge is 2.34. The Bertz CT molecular complexity index is 492. The van der Waals surface area contributed by atoms with Gasteiger partial charge in [0.2, 0.25) is 0 Å². The number of hydrogen-bond acceptors (Lipinski definition) is 5. The highest BCUT2D eigenvalue weighted by molar-refractivity contribution is 5.76. The van der Waals surface area contributed by atoms with Gasteiger partial charge in [0, 0.05) is 13.1 Å². The molecule has 2 atom stereocenters. The number of carboxylic acid groups (broad SMARTS) is 1. The van der Waals surface area contributed by atoms with Crippen molar-refractivity contribution in [2.45, 2.75) is 31.5 Å². The van der Waals surface area contributed by atoms with E-state index in [9.17, 15) is 9.59 Å². The molecule has 0 aliphatic carbocycles. The zero-order chi connectivity index (χ0) is 15.2. The lowest BCUT2D eigenvalue weighted by Gasteiger charge is -2.38. The van der Waals surface area contributed by atoms with Gasteiger partial charge in [-0.1, -0.05) is 30.3 Å². The average molecular weight is 292 g/mol. The normalized spacial score (nSPS) is 19.6. The monoisotopic (exact) mass is 292 g/mol. The summed E-state index contributed by atoms with van der Waals surface area (Å²) in [5, 5.41) is 8.92. The van der Waals surface area contributed by atoms with Crippen LogP contribution in [0.5, 0.6) is 0 Å². The number of carbonyl (C=O) groups excluding carboxylic acids is 1. The Morgan fingerprint density at radius 3 is 2.67 bits per heavy atom. The molecular weight excluding hydrogens is 272 g/mol. The Balaban J connectivity index is 1.69. The van der Waals surface area contributed by atoms with Crippen molar-refractivity contribution >= 4 is 11.9 Å². The van der Waals surface area contributed by atoms with E-state index in [1.54, 1.807) is 0 Å². The van der Waals surface area contributed by atoms with Crippen molar-refractivity contribution in [2.75, 3.05) is 13.1 Å². The zero-order valence-electron chi connectivity index (χ0n) is 11.8. The molecule has 21 heavy (non-hydrogen) atoms. The Kier molecular flexibility index (Phi) is 5.30. The molecular formula is C15H20N2O4. The molecule has 0 saturated carbocycles. The summed E-state index contributed by atoms with van der Waals surface area (Å²) < 4.78 is 5.15. The maximum atomic E-state index is 11.8. The molecule has 1 fully saturated rings. The first-order chi connectivity index (χ1) is 10.1. The van der Waals surface area contributed by atoms with Gasteiger partial charge in [0.1, 0.15) is 18.7 Å². The van der Waals surface area contributed by atoms with Crippen LogP contribution in [0.4, 0.5) is 0 Å². The molecule has 1 heterocycles. The molecule has 1 aliphatic rings. The Morgan fingerprint density at radius 2 is 2.10 bits per heavy atom. The van der Waals surface area contributed by atoms with E-state index < -0.39 is 24.0 Å². The lowest BCUT2D eigenvalue weighted by Crippen LogP contribution is -2.53. The van der Waals surface area contributed by atoms with Gasteiger partial charge in [-0.2, -0.15) is 0 Å². The van der Waals surface area contributed by atoms with Crippen molar-refractivity contribution in [3.63, 3.8) is 0 Å². The maximum absolute atomic E-state index is 11.8. The van der Waals surface area contributed by atoms with E-state index in [4.69, 9.17) is 15.6 Å². The predicted octanol–water partition coefficient (Wildman–Crippen LogP) is 0.606. The largest absolute Gasteiger partial charge is 0.480 e. The lowest BCUT2D eigenvalue weighted by molar-refractivity contribution is -0.148. The van der Waals surface area contributed by atoms with E-state index in [-0.39, 0.29) is 6.61 Å². The fraction of sp³-hybridized carbons (Fsp3) is 0.467. The summed E-state index contributed by atoms with van der Waals surface area (Å²) in [4.78, 5) is 24.4. The minimum absolute atomic E-state index is 0.203. The number of ether oxygens (including phenoxy) is 1. The lowest BCUT2D eigenvalue weighted by atomic mass is 10.0. The summed E-state index contributed by atoms with van der Waals surface area (Å²) >= 11 is 0. The van der Waals surface area contributed by atoms with Gasteiger partial charge in [-0.3, -0.25) is 14.5 Å². The Morgan fingerprint density at radius 1 is 1.38 bits per heavy atom. The van der Waals surface area contributed by atoms with E-state index in [1.807, 2.05) is 35.2 Å². The number of nitrogens with zero attached hydrogens (tertiary/aromatic N) is 1. The number of benzene rings is 1. The van der Waals surface area contributed by atoms with Crippen molar-refractivity contribution in [3.8, 4) is 0 Å². The third-order valence-electron chi connectivity index (χ3n) is 3.67. The van der Waals surface area contributed by atoms with Gasteiger partial charge in [0.25, 0.3) is 0 Å². The molecule has 0 radical (unpaired) electrons. The molecule has 1 aliphatic heterocycles. The molecule has 6 heteroatoms. The van der Waals surface area contributed by atoms with E-state index >= 15 is 0 Å². The molecule has 0 unspecified atom stereocenters. The van der Waals surface area contributed by atoms with Crippen LogP contribution in [-0.2, 0) is 20.9 Å². The predicted molar refractivity (Wildman–Crippen MR) is 76.4 cm³/mol. The topological polar surface area (TPSA) is 92.9 Å². The molecule has 2 rings (SSSR count). The molecule has 0 bridgehead atoms. The summed E-state index contributed by atoms with van der Waals surface area (Å²) in [5.41, 5.74) is 6.69. The van der Waals surface area contributed by atoms with Crippen LogP contribution in [-0.4, -0.2) is 47.1 Å². The van der Waals surface area contributed by atoms with Gasteiger partial charge >= 0.3 is 11.9 Å². The highest BCUT2D eigenvalue weighted by Crippen LogP contribution is 2.17. The number of rotatable bonds is 7. The van der Waals surface area contributed by atoms with Gasteiger partial charge in [0.05, 0.1) is 0 Å². The van der Waals surface area contributed by atoms with Crippen molar-refractivity contribution in [1.82, 2.24) is 4.90 Å². The van der Waals surface area contributed by atoms with E-state index in [0.29, 0.717) is 19.4 Å². The molecule has 1 aromatic carbocycles. The van der Waals surface area contributed by atoms with Crippen LogP contribution in [0.25, 0.3) is 0 Å². The van der Waals surface area contributed by atoms with Gasteiger partial charge in [-0.25, -0.2) is 0 Å². The molecule has 3 N–H and O–H groups in total. The molecule has 1 aromatic rings. The van der Waals surface area contributed by atoms with Crippen LogP contribution in [0.2, 0.25) is 0 Å². The first kappa shape index (κ1) is 15.5. The smallest absolute Gasteiger partial charge is 0.323 e. The first-order valence-electron chi connectivity index (χ1n) is 7.01. The van der Waals surface area contributed by atoms with Gasteiger partial charge in [-0.15, -0.1) is 0 Å². The van der Waals surface area contributed by atoms with Crippen LogP contribution in [0, 0.1) is 0 Å². The number of likely N-dealkylation sites (tertiary alicyclic amines) is 1. The average Bonchev–Trinajstić information content (AvgIpc) is 2.44.